The van der Waals surface area contributed by atoms with Gasteiger partial charge in [-0.2, -0.15) is 0 Å². The maximum atomic E-state index is 3.78. The van der Waals surface area contributed by atoms with Crippen LogP contribution in [0.5, 0.6) is 0 Å². The Morgan fingerprint density at radius 1 is 0.592 bits per heavy atom. The topological polar surface area (TPSA) is 17.0 Å². The Morgan fingerprint density at radius 3 is 1.96 bits per heavy atom. The Kier molecular flexibility index (Phi) is 6.11. The van der Waals surface area contributed by atoms with Crippen LogP contribution in [-0.4, -0.2) is 11.8 Å². The molecular formula is C46H35BN2. The molecule has 0 bridgehead atoms. The van der Waals surface area contributed by atoms with Crippen molar-refractivity contribution in [1.82, 2.24) is 4.57 Å². The number of benzene rings is 7. The van der Waals surface area contributed by atoms with E-state index >= 15 is 0 Å². The van der Waals surface area contributed by atoms with E-state index < -0.39 is 0 Å². The van der Waals surface area contributed by atoms with Gasteiger partial charge in [0.1, 0.15) is 0 Å². The van der Waals surface area contributed by atoms with Crippen LogP contribution in [0.15, 0.2) is 158 Å². The first-order valence-corrected chi connectivity index (χ1v) is 17.4. The summed E-state index contributed by atoms with van der Waals surface area (Å²) in [7, 11) is 0.887. The van der Waals surface area contributed by atoms with Crippen molar-refractivity contribution in [2.24, 2.45) is 0 Å². The summed E-state index contributed by atoms with van der Waals surface area (Å²) in [6, 6.07) is 58.1. The van der Waals surface area contributed by atoms with E-state index in [0.717, 1.165) is 18.7 Å². The van der Waals surface area contributed by atoms with Crippen molar-refractivity contribution in [2.45, 2.75) is 25.2 Å². The van der Waals surface area contributed by atoms with Crippen LogP contribution in [0.3, 0.4) is 0 Å². The summed E-state index contributed by atoms with van der Waals surface area (Å²) in [5.41, 5.74) is 18.3. The standard InChI is InChI=1S/C46H35BN2/c1-46(2)36-24-14-23-33-41-35(40(29-16-6-3-7-17-29)30-18-8-4-9-19-30)28-34(32-22-12-13-27-39(32)48-31-20-10-5-11-21-31)42-45(41)49(43(33)36)44-37(46)25-15-26-38(44)47-42/h3-28,40,47-48H,1-2H3. The summed E-state index contributed by atoms with van der Waals surface area (Å²) >= 11 is 0. The van der Waals surface area contributed by atoms with Crippen LogP contribution in [0, 0.1) is 0 Å². The fourth-order valence-corrected chi connectivity index (χ4v) is 8.92. The zero-order valence-corrected chi connectivity index (χ0v) is 27.7. The van der Waals surface area contributed by atoms with Crippen LogP contribution < -0.4 is 16.2 Å². The molecule has 0 saturated heterocycles. The highest BCUT2D eigenvalue weighted by Crippen LogP contribution is 2.50. The quantitative estimate of drug-likeness (QED) is 0.144. The predicted molar refractivity (Wildman–Crippen MR) is 208 cm³/mol. The molecular weight excluding hydrogens is 591 g/mol. The lowest BCUT2D eigenvalue weighted by Gasteiger charge is -2.37. The molecule has 2 aliphatic heterocycles. The van der Waals surface area contributed by atoms with Crippen molar-refractivity contribution in [3.05, 3.63) is 186 Å². The summed E-state index contributed by atoms with van der Waals surface area (Å²) in [6.45, 7) is 4.81. The number of fused-ring (bicyclic) bond motifs is 1. The normalized spacial score (nSPS) is 13.6. The highest BCUT2D eigenvalue weighted by molar-refractivity contribution is 6.73. The Bertz CT molecular complexity index is 2530. The molecule has 49 heavy (non-hydrogen) atoms. The molecule has 0 amide bonds. The highest BCUT2D eigenvalue weighted by Gasteiger charge is 2.40. The maximum absolute atomic E-state index is 3.78. The van der Waals surface area contributed by atoms with Crippen molar-refractivity contribution in [1.29, 1.82) is 0 Å². The Morgan fingerprint density at radius 2 is 1.22 bits per heavy atom. The van der Waals surface area contributed by atoms with Gasteiger partial charge in [0.15, 0.2) is 7.28 Å². The fourth-order valence-electron chi connectivity index (χ4n) is 8.92. The number of anilines is 2. The van der Waals surface area contributed by atoms with E-state index in [4.69, 9.17) is 0 Å². The first-order chi connectivity index (χ1) is 24.1. The number of hydrogen-bond donors (Lipinski definition) is 1. The fraction of sp³-hybridized carbons (Fsp3) is 0.0870. The van der Waals surface area contributed by atoms with Crippen molar-refractivity contribution in [3.8, 4) is 16.8 Å². The molecule has 0 fully saturated rings. The molecule has 232 valence electrons. The Labute approximate surface area is 287 Å². The van der Waals surface area contributed by atoms with Gasteiger partial charge < -0.3 is 9.88 Å². The smallest absolute Gasteiger partial charge is 0.198 e. The van der Waals surface area contributed by atoms with Gasteiger partial charge >= 0.3 is 0 Å². The van der Waals surface area contributed by atoms with Crippen LogP contribution in [-0.2, 0) is 5.41 Å². The van der Waals surface area contributed by atoms with Gasteiger partial charge in [-0.1, -0.05) is 153 Å². The predicted octanol–water partition coefficient (Wildman–Crippen LogP) is 9.71. The molecule has 3 heteroatoms. The van der Waals surface area contributed by atoms with Crippen molar-refractivity contribution in [3.63, 3.8) is 0 Å². The van der Waals surface area contributed by atoms with Crippen molar-refractivity contribution >= 4 is 51.4 Å². The molecule has 3 heterocycles. The molecule has 0 saturated carbocycles. The van der Waals surface area contributed by atoms with Crippen LogP contribution >= 0.6 is 0 Å². The number of rotatable bonds is 6. The number of aromatic nitrogens is 1. The lowest BCUT2D eigenvalue weighted by atomic mass is 9.57. The molecule has 0 atom stereocenters. The first kappa shape index (κ1) is 28.2. The van der Waals surface area contributed by atoms with Gasteiger partial charge in [-0.15, -0.1) is 0 Å². The minimum absolute atomic E-state index is 0.0533. The third kappa shape index (κ3) is 4.09. The monoisotopic (exact) mass is 626 g/mol. The van der Waals surface area contributed by atoms with E-state index in [-0.39, 0.29) is 11.3 Å². The third-order valence-electron chi connectivity index (χ3n) is 11.1. The lowest BCUT2D eigenvalue weighted by Crippen LogP contribution is -2.41. The number of nitrogens with one attached hydrogen (secondary N) is 1. The molecule has 8 aromatic rings. The van der Waals surface area contributed by atoms with Crippen LogP contribution in [0.2, 0.25) is 0 Å². The van der Waals surface area contributed by atoms with E-state index in [9.17, 15) is 0 Å². The van der Waals surface area contributed by atoms with E-state index in [0.29, 0.717) is 0 Å². The molecule has 0 aliphatic carbocycles. The third-order valence-corrected chi connectivity index (χ3v) is 11.1. The van der Waals surface area contributed by atoms with Gasteiger partial charge in [-0.25, -0.2) is 0 Å². The zero-order chi connectivity index (χ0) is 32.7. The average Bonchev–Trinajstić information content (AvgIpc) is 3.50. The Balaban J connectivity index is 1.39. The number of hydrogen-bond acceptors (Lipinski definition) is 1. The van der Waals surface area contributed by atoms with E-state index in [1.165, 1.54) is 77.4 Å². The lowest BCUT2D eigenvalue weighted by molar-refractivity contribution is 0.631. The van der Waals surface area contributed by atoms with Crippen LogP contribution in [0.4, 0.5) is 11.4 Å². The van der Waals surface area contributed by atoms with Crippen LogP contribution in [0.25, 0.3) is 38.6 Å². The van der Waals surface area contributed by atoms with E-state index in [1.54, 1.807) is 0 Å². The second-order valence-corrected chi connectivity index (χ2v) is 14.2. The van der Waals surface area contributed by atoms with Crippen molar-refractivity contribution in [2.75, 3.05) is 5.32 Å². The summed E-state index contributed by atoms with van der Waals surface area (Å²) < 4.78 is 2.65. The second-order valence-electron chi connectivity index (χ2n) is 14.2. The number of nitrogens with zero attached hydrogens (tertiary/aromatic N) is 1. The molecule has 2 nitrogen and oxygen atoms in total. The molecule has 0 radical (unpaired) electrons. The molecule has 1 N–H and O–H groups in total. The van der Waals surface area contributed by atoms with Gasteiger partial charge in [-0.05, 0) is 63.1 Å². The highest BCUT2D eigenvalue weighted by atomic mass is 15.0. The summed E-state index contributed by atoms with van der Waals surface area (Å²) in [6.07, 6.45) is 0. The molecule has 7 aromatic carbocycles. The summed E-state index contributed by atoms with van der Waals surface area (Å²) in [5.74, 6) is 0.0533. The van der Waals surface area contributed by atoms with Gasteiger partial charge in [0.2, 0.25) is 0 Å². The molecule has 2 aliphatic rings. The first-order valence-electron chi connectivity index (χ1n) is 17.4. The van der Waals surface area contributed by atoms with Gasteiger partial charge in [-0.3, -0.25) is 0 Å². The minimum atomic E-state index is -0.111. The molecule has 0 unspecified atom stereocenters. The molecule has 10 rings (SSSR count). The summed E-state index contributed by atoms with van der Waals surface area (Å²) in [4.78, 5) is 0. The van der Waals surface area contributed by atoms with Crippen LogP contribution in [0.1, 0.15) is 47.6 Å². The number of para-hydroxylation sites is 4. The van der Waals surface area contributed by atoms with Gasteiger partial charge in [0.05, 0.1) is 5.52 Å². The van der Waals surface area contributed by atoms with Crippen molar-refractivity contribution < 1.29 is 0 Å². The second kappa shape index (κ2) is 10.6. The minimum Gasteiger partial charge on any atom is -0.355 e. The SMILES string of the molecule is CC1(C)c2cccc3c2-n2c4c1cccc4c1c(C(c4ccccc4)c4ccccc4)cc(-c4ccccc4Nc4ccccc4)c(c12)B3. The van der Waals surface area contributed by atoms with Gasteiger partial charge in [0, 0.05) is 50.2 Å². The molecule has 1 aromatic heterocycles. The zero-order valence-electron chi connectivity index (χ0n) is 27.7. The largest absolute Gasteiger partial charge is 0.355 e. The average molecular weight is 627 g/mol. The van der Waals surface area contributed by atoms with E-state index in [1.807, 2.05) is 0 Å². The molecule has 0 spiro atoms. The maximum Gasteiger partial charge on any atom is 0.198 e. The van der Waals surface area contributed by atoms with E-state index in [2.05, 4.69) is 181 Å². The summed E-state index contributed by atoms with van der Waals surface area (Å²) in [5, 5.41) is 6.50. The van der Waals surface area contributed by atoms with Gasteiger partial charge in [0.25, 0.3) is 0 Å². The Hall–Kier alpha value is -5.80.